The van der Waals surface area contributed by atoms with Gasteiger partial charge in [0, 0.05) is 24.0 Å². The second-order valence-electron chi connectivity index (χ2n) is 7.76. The Morgan fingerprint density at radius 2 is 1.25 bits per heavy atom. The van der Waals surface area contributed by atoms with E-state index >= 15 is 0 Å². The van der Waals surface area contributed by atoms with Gasteiger partial charge in [0.15, 0.2) is 40.0 Å². The molecule has 10 nitrogen and oxygen atoms in total. The van der Waals surface area contributed by atoms with Crippen molar-refractivity contribution in [3.8, 4) is 28.7 Å². The van der Waals surface area contributed by atoms with Gasteiger partial charge in [0.1, 0.15) is 4.90 Å². The molecular weight excluding hydrogens is 492 g/mol. The van der Waals surface area contributed by atoms with Crippen LogP contribution in [0.3, 0.4) is 0 Å². The number of benzene rings is 2. The normalized spacial score (nSPS) is 12.0. The molecule has 2 rings (SSSR count). The first-order valence-corrected chi connectivity index (χ1v) is 12.7. The molecule has 0 aliphatic rings. The van der Waals surface area contributed by atoms with Gasteiger partial charge in [-0.1, -0.05) is 6.92 Å². The van der Waals surface area contributed by atoms with Crippen molar-refractivity contribution in [3.63, 3.8) is 0 Å². The highest BCUT2D eigenvalue weighted by atomic mass is 32.2. The molecule has 1 N–H and O–H groups in total. The molecule has 0 aliphatic heterocycles. The number of ketones is 2. The minimum absolute atomic E-state index is 0.00705. The van der Waals surface area contributed by atoms with Crippen molar-refractivity contribution in [3.05, 3.63) is 35.4 Å². The summed E-state index contributed by atoms with van der Waals surface area (Å²) in [5.41, 5.74) is -1.47. The Balaban J connectivity index is 2.38. The number of aliphatic hydroxyl groups excluding tert-OH is 1. The van der Waals surface area contributed by atoms with E-state index in [-0.39, 0.29) is 52.8 Å². The molecule has 1 atom stereocenters. The third-order valence-electron chi connectivity index (χ3n) is 5.33. The molecule has 0 spiro atoms. The number of carbonyl (C=O) groups is 2. The van der Waals surface area contributed by atoms with E-state index in [1.54, 1.807) is 0 Å². The van der Waals surface area contributed by atoms with Gasteiger partial charge in [0.05, 0.1) is 35.0 Å². The zero-order chi connectivity index (χ0) is 27.0. The molecule has 2 aromatic rings. The fourth-order valence-corrected chi connectivity index (χ4v) is 4.47. The summed E-state index contributed by atoms with van der Waals surface area (Å²) >= 11 is 0. The lowest BCUT2D eigenvalue weighted by atomic mass is 10.0. The van der Waals surface area contributed by atoms with Gasteiger partial charge in [-0.2, -0.15) is 0 Å². The van der Waals surface area contributed by atoms with Crippen LogP contribution >= 0.6 is 0 Å². The molecule has 36 heavy (non-hydrogen) atoms. The largest absolute Gasteiger partial charge is 0.493 e. The number of aliphatic hydroxyl groups is 1. The topological polar surface area (TPSA) is 135 Å². The molecule has 2 aromatic carbocycles. The van der Waals surface area contributed by atoms with Crippen LogP contribution in [0.2, 0.25) is 0 Å². The summed E-state index contributed by atoms with van der Waals surface area (Å²) < 4.78 is 52.3. The van der Waals surface area contributed by atoms with Crippen LogP contribution in [0.5, 0.6) is 28.7 Å². The molecule has 11 heteroatoms. The average Bonchev–Trinajstić information content (AvgIpc) is 2.88. The van der Waals surface area contributed by atoms with E-state index in [4.69, 9.17) is 23.7 Å². The summed E-state index contributed by atoms with van der Waals surface area (Å²) in [6.07, 6.45) is 0.232. The van der Waals surface area contributed by atoms with Gasteiger partial charge < -0.3 is 28.8 Å². The first-order valence-electron chi connectivity index (χ1n) is 11.2. The number of rotatable bonds is 14. The maximum atomic E-state index is 13.0. The zero-order valence-corrected chi connectivity index (χ0v) is 22.1. The second-order valence-corrected chi connectivity index (χ2v) is 9.97. The maximum absolute atomic E-state index is 13.0. The first-order chi connectivity index (χ1) is 17.0. The number of carbonyl (C=O) groups excluding carboxylic acids is 2. The van der Waals surface area contributed by atoms with Crippen LogP contribution in [0.15, 0.2) is 29.2 Å². The van der Waals surface area contributed by atoms with Gasteiger partial charge in [-0.05, 0) is 37.6 Å². The summed E-state index contributed by atoms with van der Waals surface area (Å²) in [4.78, 5) is 25.5. The first kappa shape index (κ1) is 28.9. The number of methoxy groups -OCH3 is 4. The Hall–Kier alpha value is -3.31. The highest BCUT2D eigenvalue weighted by molar-refractivity contribution is 7.92. The number of ether oxygens (including phenoxy) is 5. The van der Waals surface area contributed by atoms with Crippen LogP contribution in [0.4, 0.5) is 0 Å². The highest BCUT2D eigenvalue weighted by Crippen LogP contribution is 2.39. The molecule has 0 radical (unpaired) electrons. The van der Waals surface area contributed by atoms with Crippen LogP contribution in [0.25, 0.3) is 0 Å². The summed E-state index contributed by atoms with van der Waals surface area (Å²) in [7, 11) is 1.38. The fourth-order valence-electron chi connectivity index (χ4n) is 3.39. The number of sulfone groups is 1. The van der Waals surface area contributed by atoms with E-state index in [1.807, 2.05) is 6.92 Å². The Labute approximate surface area is 211 Å². The van der Waals surface area contributed by atoms with Crippen LogP contribution < -0.4 is 23.7 Å². The van der Waals surface area contributed by atoms with Crippen LogP contribution in [0.1, 0.15) is 53.8 Å². The van der Waals surface area contributed by atoms with Crippen LogP contribution in [-0.4, -0.2) is 65.6 Å². The second kappa shape index (κ2) is 12.6. The quantitative estimate of drug-likeness (QED) is 0.366. The van der Waals surface area contributed by atoms with Crippen molar-refractivity contribution in [2.24, 2.45) is 0 Å². The van der Waals surface area contributed by atoms with Gasteiger partial charge in [0.25, 0.3) is 0 Å². The monoisotopic (exact) mass is 524 g/mol. The van der Waals surface area contributed by atoms with Gasteiger partial charge in [0.2, 0.25) is 15.6 Å². The van der Waals surface area contributed by atoms with E-state index < -0.39 is 21.1 Å². The maximum Gasteiger partial charge on any atom is 0.208 e. The predicted molar refractivity (Wildman–Crippen MR) is 132 cm³/mol. The van der Waals surface area contributed by atoms with Crippen molar-refractivity contribution in [1.29, 1.82) is 0 Å². The van der Waals surface area contributed by atoms with Gasteiger partial charge in [-0.3, -0.25) is 9.59 Å². The van der Waals surface area contributed by atoms with Crippen molar-refractivity contribution in [1.82, 2.24) is 0 Å². The summed E-state index contributed by atoms with van der Waals surface area (Å²) in [6, 6.07) is 5.48. The summed E-state index contributed by atoms with van der Waals surface area (Å²) in [6.45, 7) is 3.16. The smallest absolute Gasteiger partial charge is 0.208 e. The van der Waals surface area contributed by atoms with Gasteiger partial charge in [-0.25, -0.2) is 8.42 Å². The zero-order valence-electron chi connectivity index (χ0n) is 21.2. The van der Waals surface area contributed by atoms with E-state index in [0.29, 0.717) is 23.7 Å². The fraction of sp³-hybridized carbons (Fsp3) is 0.440. The minimum Gasteiger partial charge on any atom is -0.493 e. The molecule has 0 amide bonds. The molecule has 0 saturated heterocycles. The Morgan fingerprint density at radius 1 is 0.806 bits per heavy atom. The Bertz CT molecular complexity index is 1180. The minimum atomic E-state index is -4.23. The van der Waals surface area contributed by atoms with E-state index in [0.717, 1.165) is 13.0 Å². The van der Waals surface area contributed by atoms with Crippen molar-refractivity contribution >= 4 is 21.4 Å². The van der Waals surface area contributed by atoms with E-state index in [1.165, 1.54) is 46.6 Å². The lowest BCUT2D eigenvalue weighted by Crippen LogP contribution is -2.19. The number of hydrogen-bond donors (Lipinski definition) is 1. The van der Waals surface area contributed by atoms with Crippen molar-refractivity contribution in [2.45, 2.75) is 43.4 Å². The molecule has 0 heterocycles. The number of Topliss-reactive ketones (excluding diaryl/α,β-unsaturated/α-hetero) is 2. The van der Waals surface area contributed by atoms with Crippen molar-refractivity contribution in [2.75, 3.05) is 35.0 Å². The van der Waals surface area contributed by atoms with Gasteiger partial charge in [-0.15, -0.1) is 0 Å². The SMILES string of the molecule is CCCOc1c(OC)cc(C(=O)CCC(=O)c2cc(OC)c(OC)c(OC)c2)cc1S(=O)(=O)C(C)O. The van der Waals surface area contributed by atoms with Gasteiger partial charge >= 0.3 is 0 Å². The molecule has 0 bridgehead atoms. The standard InChI is InChI=1S/C25H32O10S/c1-7-10-35-25-22(33-5)13-17(14-23(25)36(29,30)15(2)26)19(28)9-8-18(27)16-11-20(31-3)24(34-6)21(12-16)32-4/h11-15,26H,7-10H2,1-6H3. The third-order valence-corrected chi connectivity index (χ3v) is 7.15. The van der Waals surface area contributed by atoms with E-state index in [9.17, 15) is 23.1 Å². The average molecular weight is 525 g/mol. The predicted octanol–water partition coefficient (Wildman–Crippen LogP) is 3.47. The van der Waals surface area contributed by atoms with E-state index in [2.05, 4.69) is 0 Å². The molecular formula is C25H32O10S. The van der Waals surface area contributed by atoms with Crippen LogP contribution in [0, 0.1) is 0 Å². The lowest BCUT2D eigenvalue weighted by Gasteiger charge is -2.18. The molecule has 0 aliphatic carbocycles. The Kier molecular flexibility index (Phi) is 10.1. The molecule has 198 valence electrons. The Morgan fingerprint density at radius 3 is 1.64 bits per heavy atom. The number of hydrogen-bond acceptors (Lipinski definition) is 10. The summed E-state index contributed by atoms with van der Waals surface area (Å²) in [5, 5.41) is 9.86. The molecule has 0 aromatic heterocycles. The lowest BCUT2D eigenvalue weighted by molar-refractivity contribution is 0.0916. The van der Waals surface area contributed by atoms with Crippen molar-refractivity contribution < 1.29 is 46.8 Å². The molecule has 0 fully saturated rings. The molecule has 0 saturated carbocycles. The molecule has 1 unspecified atom stereocenters. The summed E-state index contributed by atoms with van der Waals surface area (Å²) in [5.74, 6) is 0.0398. The van der Waals surface area contributed by atoms with Crippen LogP contribution in [-0.2, 0) is 9.84 Å². The highest BCUT2D eigenvalue weighted by Gasteiger charge is 2.30. The third kappa shape index (κ3) is 6.27.